The summed E-state index contributed by atoms with van der Waals surface area (Å²) >= 11 is 0. The molecule has 0 aliphatic carbocycles. The minimum Gasteiger partial charge on any atom is -0.484 e. The van der Waals surface area contributed by atoms with E-state index in [1.165, 1.54) is 29.4 Å². The normalized spacial score (nSPS) is 12.3. The Morgan fingerprint density at radius 1 is 1.07 bits per heavy atom. The lowest BCUT2D eigenvalue weighted by atomic mass is 10.1. The third kappa shape index (κ3) is 4.41. The Kier molecular flexibility index (Phi) is 5.61. The van der Waals surface area contributed by atoms with Crippen LogP contribution in [0.25, 0.3) is 0 Å². The molecule has 1 aliphatic rings. The van der Waals surface area contributed by atoms with Crippen molar-refractivity contribution in [1.82, 2.24) is 0 Å². The second kappa shape index (κ2) is 8.65. The number of carbonyl (C=O) groups excluding carboxylic acids is 1. The summed E-state index contributed by atoms with van der Waals surface area (Å²) in [6.45, 7) is 1.40. The number of rotatable bonds is 7. The standard InChI is InChI=1S/C23H21N3O4/c27-23(16-30-20-9-5-8-19(14-20)26(28)29)24-21-10-3-1-7-18(21)15-25-13-12-17-6-2-4-11-22(17)25/h1-11,14H,12-13,15-16H2,(H,24,27). The maximum Gasteiger partial charge on any atom is 0.273 e. The first-order valence-corrected chi connectivity index (χ1v) is 9.68. The fourth-order valence-corrected chi connectivity index (χ4v) is 3.58. The van der Waals surface area contributed by atoms with Crippen molar-refractivity contribution in [1.29, 1.82) is 0 Å². The molecule has 7 nitrogen and oxygen atoms in total. The maximum atomic E-state index is 12.4. The zero-order valence-electron chi connectivity index (χ0n) is 16.3. The highest BCUT2D eigenvalue weighted by molar-refractivity contribution is 5.92. The van der Waals surface area contributed by atoms with Crippen molar-refractivity contribution in [3.05, 3.63) is 94.0 Å². The molecule has 4 rings (SSSR count). The predicted octanol–water partition coefficient (Wildman–Crippen LogP) is 4.18. The number of anilines is 2. The second-order valence-corrected chi connectivity index (χ2v) is 7.05. The molecule has 3 aromatic carbocycles. The van der Waals surface area contributed by atoms with E-state index in [0.717, 1.165) is 24.2 Å². The number of benzene rings is 3. The van der Waals surface area contributed by atoms with Gasteiger partial charge in [0.2, 0.25) is 0 Å². The summed E-state index contributed by atoms with van der Waals surface area (Å²) in [5, 5.41) is 13.7. The van der Waals surface area contributed by atoms with Crippen LogP contribution in [-0.2, 0) is 17.8 Å². The van der Waals surface area contributed by atoms with Gasteiger partial charge in [0.15, 0.2) is 6.61 Å². The van der Waals surface area contributed by atoms with Crippen LogP contribution in [0.4, 0.5) is 17.1 Å². The largest absolute Gasteiger partial charge is 0.484 e. The number of nitro groups is 1. The topological polar surface area (TPSA) is 84.7 Å². The molecule has 0 unspecified atom stereocenters. The summed E-state index contributed by atoms with van der Waals surface area (Å²) in [6, 6.07) is 21.8. The first-order chi connectivity index (χ1) is 14.6. The molecule has 1 N–H and O–H groups in total. The molecule has 0 bridgehead atoms. The van der Waals surface area contributed by atoms with E-state index in [-0.39, 0.29) is 24.0 Å². The van der Waals surface area contributed by atoms with Crippen molar-refractivity contribution in [2.24, 2.45) is 0 Å². The van der Waals surface area contributed by atoms with Gasteiger partial charge in [-0.2, -0.15) is 0 Å². The molecule has 0 radical (unpaired) electrons. The zero-order chi connectivity index (χ0) is 20.9. The van der Waals surface area contributed by atoms with Crippen molar-refractivity contribution in [2.75, 3.05) is 23.4 Å². The number of amides is 1. The van der Waals surface area contributed by atoms with Crippen LogP contribution in [-0.4, -0.2) is 24.0 Å². The molecule has 3 aromatic rings. The number of non-ortho nitro benzene ring substituents is 1. The summed E-state index contributed by atoms with van der Waals surface area (Å²) < 4.78 is 5.42. The number of ether oxygens (including phenoxy) is 1. The molecule has 1 amide bonds. The number of nitrogens with zero attached hydrogens (tertiary/aromatic N) is 2. The maximum absolute atomic E-state index is 12.4. The number of nitrogens with one attached hydrogen (secondary N) is 1. The lowest BCUT2D eigenvalue weighted by Crippen LogP contribution is -2.23. The van der Waals surface area contributed by atoms with Gasteiger partial charge in [-0.25, -0.2) is 0 Å². The number of carbonyl (C=O) groups is 1. The van der Waals surface area contributed by atoms with E-state index < -0.39 is 4.92 Å². The van der Waals surface area contributed by atoms with Crippen LogP contribution in [0.15, 0.2) is 72.8 Å². The highest BCUT2D eigenvalue weighted by atomic mass is 16.6. The van der Waals surface area contributed by atoms with E-state index >= 15 is 0 Å². The smallest absolute Gasteiger partial charge is 0.273 e. The Morgan fingerprint density at radius 3 is 2.73 bits per heavy atom. The number of nitro benzene ring substituents is 1. The molecule has 1 heterocycles. The van der Waals surface area contributed by atoms with E-state index in [4.69, 9.17) is 4.74 Å². The molecule has 1 aliphatic heterocycles. The van der Waals surface area contributed by atoms with Crippen LogP contribution >= 0.6 is 0 Å². The van der Waals surface area contributed by atoms with Gasteiger partial charge in [-0.05, 0) is 35.7 Å². The predicted molar refractivity (Wildman–Crippen MR) is 115 cm³/mol. The SMILES string of the molecule is O=C(COc1cccc([N+](=O)[O-])c1)Nc1ccccc1CN1CCc2ccccc21. The van der Waals surface area contributed by atoms with Gasteiger partial charge < -0.3 is 15.0 Å². The first kappa shape index (κ1) is 19.4. The van der Waals surface area contributed by atoms with E-state index in [0.29, 0.717) is 6.54 Å². The molecule has 0 fully saturated rings. The van der Waals surface area contributed by atoms with Crippen molar-refractivity contribution in [2.45, 2.75) is 13.0 Å². The zero-order valence-corrected chi connectivity index (χ0v) is 16.3. The Labute approximate surface area is 174 Å². The van der Waals surface area contributed by atoms with E-state index in [1.807, 2.05) is 30.3 Å². The van der Waals surface area contributed by atoms with E-state index in [9.17, 15) is 14.9 Å². The monoisotopic (exact) mass is 403 g/mol. The molecular formula is C23H21N3O4. The van der Waals surface area contributed by atoms with E-state index in [1.54, 1.807) is 6.07 Å². The third-order valence-corrected chi connectivity index (χ3v) is 5.03. The van der Waals surface area contributed by atoms with Crippen LogP contribution in [0.5, 0.6) is 5.75 Å². The molecule has 0 saturated carbocycles. The van der Waals surface area contributed by atoms with Gasteiger partial charge >= 0.3 is 0 Å². The minimum atomic E-state index is -0.500. The minimum absolute atomic E-state index is 0.0795. The van der Waals surface area contributed by atoms with Gasteiger partial charge in [-0.15, -0.1) is 0 Å². The summed E-state index contributed by atoms with van der Waals surface area (Å²) in [5.74, 6) is -0.0444. The van der Waals surface area contributed by atoms with Crippen molar-refractivity contribution in [3.63, 3.8) is 0 Å². The Morgan fingerprint density at radius 2 is 1.87 bits per heavy atom. The highest BCUT2D eigenvalue weighted by Gasteiger charge is 2.19. The number of fused-ring (bicyclic) bond motifs is 1. The van der Waals surface area contributed by atoms with Gasteiger partial charge in [-0.3, -0.25) is 14.9 Å². The average Bonchev–Trinajstić information content (AvgIpc) is 3.17. The van der Waals surface area contributed by atoms with Crippen LogP contribution in [0.1, 0.15) is 11.1 Å². The lowest BCUT2D eigenvalue weighted by molar-refractivity contribution is -0.384. The first-order valence-electron chi connectivity index (χ1n) is 9.68. The van der Waals surface area contributed by atoms with Crippen LogP contribution < -0.4 is 15.0 Å². The molecular weight excluding hydrogens is 382 g/mol. The van der Waals surface area contributed by atoms with Crippen LogP contribution in [0.3, 0.4) is 0 Å². The third-order valence-electron chi connectivity index (χ3n) is 5.03. The lowest BCUT2D eigenvalue weighted by Gasteiger charge is -2.21. The molecule has 152 valence electrons. The van der Waals surface area contributed by atoms with Gasteiger partial charge in [0.05, 0.1) is 11.0 Å². The molecule has 0 atom stereocenters. The van der Waals surface area contributed by atoms with E-state index in [2.05, 4.69) is 28.4 Å². The Hall–Kier alpha value is -3.87. The number of para-hydroxylation sites is 2. The molecule has 7 heteroatoms. The quantitative estimate of drug-likeness (QED) is 0.473. The van der Waals surface area contributed by atoms with Gasteiger partial charge in [0.25, 0.3) is 11.6 Å². The number of hydrogen-bond donors (Lipinski definition) is 1. The number of hydrogen-bond acceptors (Lipinski definition) is 5. The van der Waals surface area contributed by atoms with Gasteiger partial charge in [-0.1, -0.05) is 42.5 Å². The van der Waals surface area contributed by atoms with Crippen molar-refractivity contribution in [3.8, 4) is 5.75 Å². The fraction of sp³-hybridized carbons (Fsp3) is 0.174. The molecule has 0 aromatic heterocycles. The fourth-order valence-electron chi connectivity index (χ4n) is 3.58. The van der Waals surface area contributed by atoms with Crippen LogP contribution in [0, 0.1) is 10.1 Å². The van der Waals surface area contributed by atoms with Crippen molar-refractivity contribution >= 4 is 23.0 Å². The Bertz CT molecular complexity index is 1080. The summed E-state index contributed by atoms with van der Waals surface area (Å²) in [6.07, 6.45) is 1.02. The summed E-state index contributed by atoms with van der Waals surface area (Å²) in [7, 11) is 0. The summed E-state index contributed by atoms with van der Waals surface area (Å²) in [4.78, 5) is 25.1. The van der Waals surface area contributed by atoms with Gasteiger partial charge in [0, 0.05) is 30.5 Å². The van der Waals surface area contributed by atoms with Crippen molar-refractivity contribution < 1.29 is 14.5 Å². The molecule has 0 spiro atoms. The van der Waals surface area contributed by atoms with Crippen LogP contribution in [0.2, 0.25) is 0 Å². The molecule has 0 saturated heterocycles. The highest BCUT2D eigenvalue weighted by Crippen LogP contribution is 2.30. The Balaban J connectivity index is 1.40. The second-order valence-electron chi connectivity index (χ2n) is 7.05. The average molecular weight is 403 g/mol. The van der Waals surface area contributed by atoms with Gasteiger partial charge in [0.1, 0.15) is 5.75 Å². The molecule has 30 heavy (non-hydrogen) atoms. The summed E-state index contributed by atoms with van der Waals surface area (Å²) in [5.41, 5.74) is 4.23.